The minimum absolute atomic E-state index is 0.0201. The quantitative estimate of drug-likeness (QED) is 0.109. The Morgan fingerprint density at radius 2 is 1.76 bits per heavy atom. The van der Waals surface area contributed by atoms with E-state index in [0.29, 0.717) is 17.8 Å². The number of pyridine rings is 1. The van der Waals surface area contributed by atoms with Crippen LogP contribution in [0.4, 0.5) is 22.0 Å². The summed E-state index contributed by atoms with van der Waals surface area (Å²) < 4.78 is 97.2. The van der Waals surface area contributed by atoms with Gasteiger partial charge < -0.3 is 25.1 Å². The normalized spacial score (nSPS) is 18.6. The largest absolute Gasteiger partial charge is 0.414 e. The molecule has 0 saturated heterocycles. The summed E-state index contributed by atoms with van der Waals surface area (Å²) in [5.41, 5.74) is 6.55. The van der Waals surface area contributed by atoms with Crippen LogP contribution in [-0.2, 0) is 27.2 Å². The molecule has 45 heavy (non-hydrogen) atoms. The molecule has 0 unspecified atom stereocenters. The van der Waals surface area contributed by atoms with Gasteiger partial charge in [0, 0.05) is 14.7 Å². The highest BCUT2D eigenvalue weighted by molar-refractivity contribution is 7.84. The lowest BCUT2D eigenvalue weighted by Gasteiger charge is -2.30. The molecule has 1 fully saturated rings. The second-order valence-corrected chi connectivity index (χ2v) is 21.7. The van der Waals surface area contributed by atoms with Crippen molar-refractivity contribution < 1.29 is 35.6 Å². The summed E-state index contributed by atoms with van der Waals surface area (Å²) in [6.07, 6.45) is -6.11. The van der Waals surface area contributed by atoms with Crippen molar-refractivity contribution in [3.05, 3.63) is 23.7 Å². The van der Waals surface area contributed by atoms with E-state index < -0.39 is 73.3 Å². The summed E-state index contributed by atoms with van der Waals surface area (Å²) in [5.74, 6) is -2.71. The van der Waals surface area contributed by atoms with E-state index in [9.17, 15) is 26.2 Å². The van der Waals surface area contributed by atoms with Crippen molar-refractivity contribution in [2.75, 3.05) is 19.7 Å². The van der Waals surface area contributed by atoms with Gasteiger partial charge in [0.05, 0.1) is 52.2 Å². The molecule has 0 amide bonds. The van der Waals surface area contributed by atoms with Crippen LogP contribution in [0, 0.1) is 5.92 Å². The number of hydrogen-bond acceptors (Lipinski definition) is 7. The monoisotopic (exact) mass is 684 g/mol. The molecular weight excluding hydrogens is 636 g/mol. The second-order valence-electron chi connectivity index (χ2n) is 14.1. The lowest BCUT2D eigenvalue weighted by Crippen LogP contribution is -2.43. The molecule has 258 valence electrons. The van der Waals surface area contributed by atoms with Crippen LogP contribution in [0.25, 0.3) is 11.2 Å². The van der Waals surface area contributed by atoms with Gasteiger partial charge in [-0.25, -0.2) is 27.7 Å². The van der Waals surface area contributed by atoms with Crippen LogP contribution in [-0.4, -0.2) is 75.6 Å². The van der Waals surface area contributed by atoms with E-state index in [4.69, 9.17) is 25.2 Å². The van der Waals surface area contributed by atoms with Crippen LogP contribution in [0.15, 0.2) is 12.1 Å². The lowest BCUT2D eigenvalue weighted by atomic mass is 10.1. The first kappa shape index (κ1) is 37.9. The Hall–Kier alpha value is -1.56. The number of alkyl halides is 5. The topological polar surface area (TPSA) is 116 Å². The fourth-order valence-electron chi connectivity index (χ4n) is 4.52. The van der Waals surface area contributed by atoms with Crippen molar-refractivity contribution >= 4 is 30.2 Å². The summed E-state index contributed by atoms with van der Waals surface area (Å²) in [4.78, 5) is 9.48. The van der Waals surface area contributed by atoms with Crippen molar-refractivity contribution in [3.8, 4) is 0 Å². The fourth-order valence-corrected chi connectivity index (χ4v) is 6.16. The second kappa shape index (κ2) is 14.7. The molecule has 0 aromatic carbocycles. The van der Waals surface area contributed by atoms with E-state index in [1.54, 1.807) is 37.5 Å². The fraction of sp³-hybridized carbons (Fsp3) is 0.793. The molecule has 0 aliphatic heterocycles. The van der Waals surface area contributed by atoms with Gasteiger partial charge in [-0.1, -0.05) is 19.6 Å². The predicted octanol–water partition coefficient (Wildman–Crippen LogP) is 5.83. The van der Waals surface area contributed by atoms with Crippen molar-refractivity contribution in [1.29, 1.82) is 0 Å². The summed E-state index contributed by atoms with van der Waals surface area (Å²) in [6.45, 7) is 13.4. The van der Waals surface area contributed by atoms with E-state index in [1.165, 1.54) is 6.92 Å². The Labute approximate surface area is 266 Å². The molecule has 0 radical (unpaired) electrons. The number of fused-ring (bicyclic) bond motifs is 1. The van der Waals surface area contributed by atoms with Gasteiger partial charge in [0.2, 0.25) is 0 Å². The van der Waals surface area contributed by atoms with E-state index in [-0.39, 0.29) is 24.1 Å². The highest BCUT2D eigenvalue weighted by Gasteiger charge is 2.41. The van der Waals surface area contributed by atoms with Gasteiger partial charge >= 0.3 is 6.18 Å². The third kappa shape index (κ3) is 11.0. The Balaban J connectivity index is 2.08. The van der Waals surface area contributed by atoms with Crippen molar-refractivity contribution in [2.24, 2.45) is 11.7 Å². The molecule has 16 heteroatoms. The van der Waals surface area contributed by atoms with E-state index in [1.807, 2.05) is 0 Å². The standard InChI is InChI=1S/C29H49F5N6O3SSi/c1-18(43-19(2)29(32,33)34)23(39-44(41)27(3,4)5)26-38-25-22(40(26)17-42-13-14-45(6,7)8)12-11-21(37-25)24(20-9-10-20)36-16-28(30,31)15-35/h11-12,18-20,23-24,36,39H,9-10,13-17,35H2,1-8H3/t18-,19-,23+,24-,44-/m1/s1. The van der Waals surface area contributed by atoms with Gasteiger partial charge in [-0.3, -0.25) is 0 Å². The Morgan fingerprint density at radius 1 is 1.11 bits per heavy atom. The van der Waals surface area contributed by atoms with Gasteiger partial charge in [-0.05, 0) is 71.6 Å². The van der Waals surface area contributed by atoms with Crippen molar-refractivity contribution in [1.82, 2.24) is 24.6 Å². The van der Waals surface area contributed by atoms with Gasteiger partial charge in [0.25, 0.3) is 5.92 Å². The number of rotatable bonds is 17. The number of ether oxygens (including phenoxy) is 2. The molecule has 0 spiro atoms. The number of nitrogens with one attached hydrogen (secondary N) is 2. The molecule has 2 heterocycles. The number of aromatic nitrogens is 3. The van der Waals surface area contributed by atoms with E-state index in [0.717, 1.165) is 25.8 Å². The summed E-state index contributed by atoms with van der Waals surface area (Å²) in [5, 5.41) is 2.92. The number of imidazole rings is 1. The van der Waals surface area contributed by atoms with Crippen LogP contribution in [0.3, 0.4) is 0 Å². The number of nitrogens with two attached hydrogens (primary N) is 1. The van der Waals surface area contributed by atoms with Gasteiger partial charge in [0.1, 0.15) is 18.6 Å². The SMILES string of the molecule is C[C@@H](O[C@H](C)C(F)(F)F)[C@H](N[S@](=O)C(C)(C)C)c1nc2nc([C@H](NCC(F)(F)CN)C3CC3)ccc2n1COCC[Si](C)(C)C. The average Bonchev–Trinajstić information content (AvgIpc) is 3.68. The average molecular weight is 685 g/mol. The molecular formula is C29H49F5N6O3SSi. The van der Waals surface area contributed by atoms with Crippen LogP contribution >= 0.6 is 0 Å². The zero-order chi connectivity index (χ0) is 34.0. The Morgan fingerprint density at radius 3 is 2.29 bits per heavy atom. The smallest absolute Gasteiger partial charge is 0.364 e. The minimum atomic E-state index is -4.61. The minimum Gasteiger partial charge on any atom is -0.364 e. The molecule has 2 aromatic heterocycles. The molecule has 1 saturated carbocycles. The zero-order valence-corrected chi connectivity index (χ0v) is 29.2. The van der Waals surface area contributed by atoms with Gasteiger partial charge in [0.15, 0.2) is 11.8 Å². The van der Waals surface area contributed by atoms with E-state index >= 15 is 0 Å². The number of nitrogens with zero attached hydrogens (tertiary/aromatic N) is 3. The zero-order valence-electron chi connectivity index (χ0n) is 27.4. The molecule has 1 aliphatic carbocycles. The third-order valence-corrected chi connectivity index (χ3v) is 10.9. The Bertz CT molecular complexity index is 1300. The first-order chi connectivity index (χ1) is 20.6. The van der Waals surface area contributed by atoms with Crippen LogP contribution < -0.4 is 15.8 Å². The van der Waals surface area contributed by atoms with Crippen LogP contribution in [0.5, 0.6) is 0 Å². The predicted molar refractivity (Wildman–Crippen MR) is 169 cm³/mol. The maximum absolute atomic E-state index is 14.0. The molecule has 5 atom stereocenters. The summed E-state index contributed by atoms with van der Waals surface area (Å²) in [7, 11) is -3.13. The van der Waals surface area contributed by atoms with Crippen LogP contribution in [0.2, 0.25) is 25.7 Å². The maximum atomic E-state index is 14.0. The number of halogens is 5. The number of hydrogen-bond donors (Lipinski definition) is 3. The maximum Gasteiger partial charge on any atom is 0.414 e. The molecule has 2 aromatic rings. The third-order valence-electron chi connectivity index (χ3n) is 7.59. The highest BCUT2D eigenvalue weighted by Crippen LogP contribution is 2.41. The highest BCUT2D eigenvalue weighted by atomic mass is 32.2. The first-order valence-corrected chi connectivity index (χ1v) is 20.1. The first-order valence-electron chi connectivity index (χ1n) is 15.3. The Kier molecular flexibility index (Phi) is 12.4. The summed E-state index contributed by atoms with van der Waals surface area (Å²) in [6, 6.07) is 2.89. The molecule has 9 nitrogen and oxygen atoms in total. The molecule has 4 N–H and O–H groups in total. The molecule has 0 bridgehead atoms. The summed E-state index contributed by atoms with van der Waals surface area (Å²) >= 11 is 0. The van der Waals surface area contributed by atoms with E-state index in [2.05, 4.69) is 29.7 Å². The van der Waals surface area contributed by atoms with Gasteiger partial charge in [-0.2, -0.15) is 13.2 Å². The molecule has 1 aliphatic rings. The molecule has 3 rings (SSSR count). The van der Waals surface area contributed by atoms with Gasteiger partial charge in [-0.15, -0.1) is 0 Å². The van der Waals surface area contributed by atoms with Crippen molar-refractivity contribution in [2.45, 2.75) is 121 Å². The van der Waals surface area contributed by atoms with Crippen LogP contribution in [0.1, 0.15) is 71.1 Å². The van der Waals surface area contributed by atoms with Crippen molar-refractivity contribution in [3.63, 3.8) is 0 Å². The lowest BCUT2D eigenvalue weighted by molar-refractivity contribution is -0.227.